The highest BCUT2D eigenvalue weighted by atomic mass is 16.5. The highest BCUT2D eigenvalue weighted by Crippen LogP contribution is 2.29. The summed E-state index contributed by atoms with van der Waals surface area (Å²) in [5, 5.41) is 12.9. The molecule has 3 N–H and O–H groups in total. The van der Waals surface area contributed by atoms with E-state index in [2.05, 4.69) is 10.3 Å². The van der Waals surface area contributed by atoms with Gasteiger partial charge in [0, 0.05) is 22.7 Å². The van der Waals surface area contributed by atoms with Crippen molar-refractivity contribution in [2.75, 3.05) is 13.2 Å². The molecule has 2 unspecified atom stereocenters. The lowest BCUT2D eigenvalue weighted by atomic mass is 9.85. The van der Waals surface area contributed by atoms with E-state index in [1.54, 1.807) is 25.3 Å². The summed E-state index contributed by atoms with van der Waals surface area (Å²) < 4.78 is 5.24. The quantitative estimate of drug-likeness (QED) is 0.796. The van der Waals surface area contributed by atoms with Crippen LogP contribution in [-0.2, 0) is 9.53 Å². The van der Waals surface area contributed by atoms with Gasteiger partial charge in [-0.1, -0.05) is 6.07 Å². The zero-order chi connectivity index (χ0) is 15.0. The summed E-state index contributed by atoms with van der Waals surface area (Å²) in [5.74, 6) is -1.26. The number of aromatic nitrogens is 1. The number of aliphatic carboxylic acids is 1. The van der Waals surface area contributed by atoms with Crippen LogP contribution in [-0.4, -0.2) is 41.2 Å². The summed E-state index contributed by atoms with van der Waals surface area (Å²) in [5.41, 5.74) is 0.293. The van der Waals surface area contributed by atoms with Gasteiger partial charge < -0.3 is 20.1 Å². The fraction of sp³-hybridized carbons (Fsp3) is 0.333. The van der Waals surface area contributed by atoms with E-state index in [1.807, 2.05) is 12.1 Å². The zero-order valence-electron chi connectivity index (χ0n) is 11.6. The van der Waals surface area contributed by atoms with Crippen LogP contribution in [0.15, 0.2) is 30.5 Å². The van der Waals surface area contributed by atoms with Gasteiger partial charge in [-0.3, -0.25) is 9.59 Å². The summed E-state index contributed by atoms with van der Waals surface area (Å²) in [7, 11) is 0. The lowest BCUT2D eigenvalue weighted by Gasteiger charge is -2.25. The van der Waals surface area contributed by atoms with E-state index in [0.29, 0.717) is 5.56 Å². The molecule has 1 amide bonds. The molecular weight excluding hydrogens is 272 g/mol. The predicted octanol–water partition coefficient (Wildman–Crippen LogP) is 1.39. The molecule has 2 heterocycles. The lowest BCUT2D eigenvalue weighted by Crippen LogP contribution is -2.49. The summed E-state index contributed by atoms with van der Waals surface area (Å²) >= 11 is 0. The largest absolute Gasteiger partial charge is 0.481 e. The molecule has 1 fully saturated rings. The number of rotatable bonds is 3. The number of ether oxygens (including phenoxy) is 1. The van der Waals surface area contributed by atoms with Gasteiger partial charge in [0.15, 0.2) is 0 Å². The normalized spacial score (nSPS) is 25.1. The lowest BCUT2D eigenvalue weighted by molar-refractivity contribution is -0.148. The predicted molar refractivity (Wildman–Crippen MR) is 76.1 cm³/mol. The smallest absolute Gasteiger partial charge is 0.313 e. The van der Waals surface area contributed by atoms with Gasteiger partial charge in [0.1, 0.15) is 5.41 Å². The first-order valence-electron chi connectivity index (χ1n) is 6.70. The molecule has 21 heavy (non-hydrogen) atoms. The SMILES string of the molecule is CC1(C(=O)O)COCC1NC(=O)c1cccc2[nH]ccc12. The first kappa shape index (κ1) is 13.6. The molecule has 1 saturated heterocycles. The van der Waals surface area contributed by atoms with Crippen LogP contribution in [0.25, 0.3) is 10.9 Å². The van der Waals surface area contributed by atoms with Gasteiger partial charge in [0.25, 0.3) is 5.91 Å². The van der Waals surface area contributed by atoms with Crippen molar-refractivity contribution in [1.82, 2.24) is 10.3 Å². The average Bonchev–Trinajstić information content (AvgIpc) is 3.06. The molecule has 1 aliphatic rings. The highest BCUT2D eigenvalue weighted by Gasteiger charge is 2.47. The van der Waals surface area contributed by atoms with Crippen LogP contribution in [0.2, 0.25) is 0 Å². The third kappa shape index (κ3) is 2.17. The van der Waals surface area contributed by atoms with Gasteiger partial charge in [0.05, 0.1) is 19.3 Å². The Hall–Kier alpha value is -2.34. The molecule has 0 bridgehead atoms. The van der Waals surface area contributed by atoms with E-state index < -0.39 is 17.4 Å². The van der Waals surface area contributed by atoms with Crippen molar-refractivity contribution >= 4 is 22.8 Å². The first-order valence-corrected chi connectivity index (χ1v) is 6.70. The molecule has 2 atom stereocenters. The molecule has 6 nitrogen and oxygen atoms in total. The molecular formula is C15H16N2O4. The Bertz CT molecular complexity index is 709. The second-order valence-electron chi connectivity index (χ2n) is 5.51. The molecule has 0 aliphatic carbocycles. The van der Waals surface area contributed by atoms with Crippen molar-refractivity contribution in [2.45, 2.75) is 13.0 Å². The number of amides is 1. The van der Waals surface area contributed by atoms with E-state index in [1.165, 1.54) is 0 Å². The molecule has 110 valence electrons. The number of carboxylic acid groups (broad SMARTS) is 1. The Morgan fingerprint density at radius 1 is 1.43 bits per heavy atom. The third-order valence-corrected chi connectivity index (χ3v) is 4.09. The van der Waals surface area contributed by atoms with Crippen molar-refractivity contribution in [3.05, 3.63) is 36.0 Å². The molecule has 6 heteroatoms. The molecule has 3 rings (SSSR count). The van der Waals surface area contributed by atoms with Crippen LogP contribution in [0.4, 0.5) is 0 Å². The van der Waals surface area contributed by atoms with Gasteiger partial charge in [-0.15, -0.1) is 0 Å². The number of benzene rings is 1. The van der Waals surface area contributed by atoms with E-state index in [0.717, 1.165) is 10.9 Å². The van der Waals surface area contributed by atoms with Crippen molar-refractivity contribution in [3.8, 4) is 0 Å². The van der Waals surface area contributed by atoms with Crippen LogP contribution in [0.3, 0.4) is 0 Å². The second kappa shape index (κ2) is 4.89. The van der Waals surface area contributed by atoms with E-state index >= 15 is 0 Å². The fourth-order valence-electron chi connectivity index (χ4n) is 2.60. The summed E-state index contributed by atoms with van der Waals surface area (Å²) in [4.78, 5) is 26.9. The Balaban J connectivity index is 1.87. The molecule has 1 aliphatic heterocycles. The van der Waals surface area contributed by atoms with E-state index in [-0.39, 0.29) is 19.1 Å². The summed E-state index contributed by atoms with van der Waals surface area (Å²) in [6.07, 6.45) is 1.77. The average molecular weight is 288 g/mol. The minimum absolute atomic E-state index is 0.0988. The number of fused-ring (bicyclic) bond motifs is 1. The molecule has 0 saturated carbocycles. The van der Waals surface area contributed by atoms with Crippen LogP contribution in [0.1, 0.15) is 17.3 Å². The van der Waals surface area contributed by atoms with E-state index in [4.69, 9.17) is 4.74 Å². The Morgan fingerprint density at radius 3 is 3.00 bits per heavy atom. The number of carbonyl (C=O) groups excluding carboxylic acids is 1. The van der Waals surface area contributed by atoms with Crippen LogP contribution in [0.5, 0.6) is 0 Å². The Morgan fingerprint density at radius 2 is 2.24 bits per heavy atom. The van der Waals surface area contributed by atoms with Crippen molar-refractivity contribution in [2.24, 2.45) is 5.41 Å². The molecule has 1 aromatic heterocycles. The number of aromatic amines is 1. The first-order chi connectivity index (χ1) is 10.0. The van der Waals surface area contributed by atoms with Crippen molar-refractivity contribution in [3.63, 3.8) is 0 Å². The topological polar surface area (TPSA) is 91.4 Å². The summed E-state index contributed by atoms with van der Waals surface area (Å²) in [6.45, 7) is 1.89. The second-order valence-corrected chi connectivity index (χ2v) is 5.51. The van der Waals surface area contributed by atoms with Gasteiger partial charge in [-0.25, -0.2) is 0 Å². The maximum atomic E-state index is 12.4. The molecule has 0 spiro atoms. The van der Waals surface area contributed by atoms with Crippen LogP contribution in [0, 0.1) is 5.41 Å². The van der Waals surface area contributed by atoms with Gasteiger partial charge in [-0.05, 0) is 25.1 Å². The maximum absolute atomic E-state index is 12.4. The zero-order valence-corrected chi connectivity index (χ0v) is 11.6. The van der Waals surface area contributed by atoms with Gasteiger partial charge in [0.2, 0.25) is 0 Å². The van der Waals surface area contributed by atoms with Crippen molar-refractivity contribution < 1.29 is 19.4 Å². The monoisotopic (exact) mass is 288 g/mol. The Kier molecular flexibility index (Phi) is 3.17. The van der Waals surface area contributed by atoms with Crippen LogP contribution < -0.4 is 5.32 Å². The molecule has 1 aromatic carbocycles. The summed E-state index contributed by atoms with van der Waals surface area (Å²) in [6, 6.07) is 6.67. The van der Waals surface area contributed by atoms with Crippen LogP contribution >= 0.6 is 0 Å². The number of carbonyl (C=O) groups is 2. The minimum atomic E-state index is -1.10. The third-order valence-electron chi connectivity index (χ3n) is 4.09. The van der Waals surface area contributed by atoms with Gasteiger partial charge >= 0.3 is 5.97 Å². The molecule has 0 radical (unpaired) electrons. The number of nitrogens with one attached hydrogen (secondary N) is 2. The number of hydrogen-bond donors (Lipinski definition) is 3. The standard InChI is InChI=1S/C15H16N2O4/c1-15(14(19)20)8-21-7-12(15)17-13(18)10-3-2-4-11-9(10)5-6-16-11/h2-6,12,16H,7-8H2,1H3,(H,17,18)(H,19,20). The van der Waals surface area contributed by atoms with Gasteiger partial charge in [-0.2, -0.15) is 0 Å². The number of H-pyrrole nitrogens is 1. The molecule has 2 aromatic rings. The number of carboxylic acids is 1. The highest BCUT2D eigenvalue weighted by molar-refractivity contribution is 6.06. The maximum Gasteiger partial charge on any atom is 0.313 e. The number of hydrogen-bond acceptors (Lipinski definition) is 3. The van der Waals surface area contributed by atoms with E-state index in [9.17, 15) is 14.7 Å². The minimum Gasteiger partial charge on any atom is -0.481 e. The fourth-order valence-corrected chi connectivity index (χ4v) is 2.60. The Labute approximate surface area is 121 Å². The van der Waals surface area contributed by atoms with Crippen molar-refractivity contribution in [1.29, 1.82) is 0 Å².